The monoisotopic (exact) mass is 305 g/mol. The number of rotatable bonds is 2. The predicted molar refractivity (Wildman–Crippen MR) is 83.4 cm³/mol. The molecule has 0 radical (unpaired) electrons. The summed E-state index contributed by atoms with van der Waals surface area (Å²) >= 11 is 0. The number of carbonyl (C=O) groups is 1. The number of para-hydroxylation sites is 1. The number of carbonyl (C=O) groups excluding carboxylic acids is 1. The van der Waals surface area contributed by atoms with Gasteiger partial charge in [-0.05, 0) is 31.4 Å². The van der Waals surface area contributed by atoms with Gasteiger partial charge in [0, 0.05) is 11.7 Å². The molecule has 23 heavy (non-hydrogen) atoms. The minimum Gasteiger partial charge on any atom is -0.312 e. The molecule has 0 spiro atoms. The lowest BCUT2D eigenvalue weighted by Crippen LogP contribution is -2.43. The second-order valence-corrected chi connectivity index (χ2v) is 5.57. The Balaban J connectivity index is 1.91. The van der Waals surface area contributed by atoms with Gasteiger partial charge in [-0.3, -0.25) is 4.79 Å². The van der Waals surface area contributed by atoms with Crippen molar-refractivity contribution in [2.24, 2.45) is 0 Å². The standard InChI is InChI=1S/C17H15N5O/c1-12-6-7-13-4-2-3-5-15(13)22(12)17(23)10-21-11-20-14(8-18)16(21)9-19/h2-5,11-12H,6-7,10H2,1H3. The van der Waals surface area contributed by atoms with Crippen molar-refractivity contribution >= 4 is 11.6 Å². The Morgan fingerprint density at radius 1 is 1.35 bits per heavy atom. The Kier molecular flexibility index (Phi) is 3.82. The van der Waals surface area contributed by atoms with Crippen LogP contribution in [0.2, 0.25) is 0 Å². The highest BCUT2D eigenvalue weighted by Crippen LogP contribution is 2.30. The summed E-state index contributed by atoms with van der Waals surface area (Å²) in [6.45, 7) is 2.02. The lowest BCUT2D eigenvalue weighted by atomic mass is 9.96. The molecular formula is C17H15N5O. The molecule has 114 valence electrons. The van der Waals surface area contributed by atoms with Crippen LogP contribution in [0.25, 0.3) is 0 Å². The molecule has 0 saturated carbocycles. The number of hydrogen-bond donors (Lipinski definition) is 0. The second-order valence-electron chi connectivity index (χ2n) is 5.57. The summed E-state index contributed by atoms with van der Waals surface area (Å²) in [5.41, 5.74) is 2.25. The zero-order chi connectivity index (χ0) is 16.4. The number of hydrogen-bond acceptors (Lipinski definition) is 4. The number of benzene rings is 1. The molecule has 6 nitrogen and oxygen atoms in total. The van der Waals surface area contributed by atoms with Gasteiger partial charge in [0.1, 0.15) is 18.7 Å². The molecule has 1 aliphatic heterocycles. The fourth-order valence-electron chi connectivity index (χ4n) is 2.99. The van der Waals surface area contributed by atoms with E-state index in [9.17, 15) is 4.79 Å². The highest BCUT2D eigenvalue weighted by molar-refractivity contribution is 5.95. The summed E-state index contributed by atoms with van der Waals surface area (Å²) in [5, 5.41) is 18.1. The first-order valence-electron chi connectivity index (χ1n) is 7.41. The zero-order valence-corrected chi connectivity index (χ0v) is 12.7. The van der Waals surface area contributed by atoms with E-state index < -0.39 is 0 Å². The summed E-state index contributed by atoms with van der Waals surface area (Å²) in [7, 11) is 0. The van der Waals surface area contributed by atoms with E-state index in [4.69, 9.17) is 10.5 Å². The van der Waals surface area contributed by atoms with Gasteiger partial charge in [0.2, 0.25) is 5.91 Å². The van der Waals surface area contributed by atoms with Gasteiger partial charge in [-0.2, -0.15) is 10.5 Å². The summed E-state index contributed by atoms with van der Waals surface area (Å²) < 4.78 is 1.44. The van der Waals surface area contributed by atoms with Crippen LogP contribution in [-0.2, 0) is 17.8 Å². The highest BCUT2D eigenvalue weighted by atomic mass is 16.2. The molecular weight excluding hydrogens is 290 g/mol. The molecule has 1 aromatic carbocycles. The topological polar surface area (TPSA) is 85.7 Å². The van der Waals surface area contributed by atoms with Crippen molar-refractivity contribution in [3.63, 3.8) is 0 Å². The lowest BCUT2D eigenvalue weighted by Gasteiger charge is -2.35. The molecule has 1 aliphatic rings. The number of aryl methyl sites for hydroxylation is 1. The largest absolute Gasteiger partial charge is 0.312 e. The van der Waals surface area contributed by atoms with Crippen molar-refractivity contribution in [1.82, 2.24) is 9.55 Å². The molecule has 3 rings (SSSR count). The van der Waals surface area contributed by atoms with Crippen LogP contribution in [0.5, 0.6) is 0 Å². The van der Waals surface area contributed by atoms with Gasteiger partial charge in [-0.15, -0.1) is 0 Å². The number of nitrogens with zero attached hydrogens (tertiary/aromatic N) is 5. The van der Waals surface area contributed by atoms with Gasteiger partial charge in [-0.1, -0.05) is 18.2 Å². The maximum absolute atomic E-state index is 12.8. The van der Waals surface area contributed by atoms with Gasteiger partial charge < -0.3 is 9.47 Å². The SMILES string of the molecule is CC1CCc2ccccc2N1C(=O)Cn1cnc(C#N)c1C#N. The number of imidazole rings is 1. The fourth-order valence-corrected chi connectivity index (χ4v) is 2.99. The maximum Gasteiger partial charge on any atom is 0.247 e. The molecule has 0 fully saturated rings. The van der Waals surface area contributed by atoms with Gasteiger partial charge in [0.25, 0.3) is 0 Å². The normalized spacial score (nSPS) is 16.3. The quantitative estimate of drug-likeness (QED) is 0.849. The van der Waals surface area contributed by atoms with E-state index in [1.54, 1.807) is 4.90 Å². The summed E-state index contributed by atoms with van der Waals surface area (Å²) in [6, 6.07) is 11.8. The van der Waals surface area contributed by atoms with Gasteiger partial charge in [0.05, 0.1) is 6.33 Å². The smallest absolute Gasteiger partial charge is 0.247 e. The Hall–Kier alpha value is -3.12. The third-order valence-corrected chi connectivity index (χ3v) is 4.15. The summed E-state index contributed by atoms with van der Waals surface area (Å²) in [5.74, 6) is -0.108. The van der Waals surface area contributed by atoms with Crippen LogP contribution in [0.15, 0.2) is 30.6 Å². The van der Waals surface area contributed by atoms with Crippen molar-refractivity contribution < 1.29 is 4.79 Å². The first kappa shape index (κ1) is 14.8. The Morgan fingerprint density at radius 3 is 2.87 bits per heavy atom. The van der Waals surface area contributed by atoms with E-state index in [0.717, 1.165) is 24.1 Å². The maximum atomic E-state index is 12.8. The van der Waals surface area contributed by atoms with Crippen molar-refractivity contribution in [3.05, 3.63) is 47.5 Å². The van der Waals surface area contributed by atoms with E-state index in [0.29, 0.717) is 0 Å². The zero-order valence-electron chi connectivity index (χ0n) is 12.7. The third kappa shape index (κ3) is 2.56. The van der Waals surface area contributed by atoms with Crippen LogP contribution < -0.4 is 4.90 Å². The first-order valence-corrected chi connectivity index (χ1v) is 7.41. The van der Waals surface area contributed by atoms with Crippen LogP contribution >= 0.6 is 0 Å². The molecule has 0 bridgehead atoms. The minimum absolute atomic E-state index is 0.00372. The first-order chi connectivity index (χ1) is 11.2. The average molecular weight is 305 g/mol. The Labute approximate surface area is 134 Å². The molecule has 2 heterocycles. The van der Waals surface area contributed by atoms with Crippen LogP contribution in [0, 0.1) is 22.7 Å². The number of aromatic nitrogens is 2. The van der Waals surface area contributed by atoms with E-state index in [1.807, 2.05) is 43.3 Å². The fraction of sp³-hybridized carbons (Fsp3) is 0.294. The predicted octanol–water partition coefficient (Wildman–Crippen LogP) is 1.99. The van der Waals surface area contributed by atoms with Gasteiger partial charge in [-0.25, -0.2) is 4.98 Å². The molecule has 1 aromatic heterocycles. The summed E-state index contributed by atoms with van der Waals surface area (Å²) in [6.07, 6.45) is 3.23. The molecule has 1 unspecified atom stereocenters. The number of amides is 1. The molecule has 6 heteroatoms. The van der Waals surface area contributed by atoms with Crippen molar-refractivity contribution in [3.8, 4) is 12.1 Å². The van der Waals surface area contributed by atoms with Crippen molar-refractivity contribution in [1.29, 1.82) is 10.5 Å². The van der Waals surface area contributed by atoms with Crippen molar-refractivity contribution in [2.45, 2.75) is 32.4 Å². The van der Waals surface area contributed by atoms with Crippen LogP contribution in [0.4, 0.5) is 5.69 Å². The van der Waals surface area contributed by atoms with E-state index in [1.165, 1.54) is 10.9 Å². The minimum atomic E-state index is -0.108. The highest BCUT2D eigenvalue weighted by Gasteiger charge is 2.28. The molecule has 1 atom stereocenters. The average Bonchev–Trinajstić information content (AvgIpc) is 2.96. The van der Waals surface area contributed by atoms with E-state index in [-0.39, 0.29) is 29.9 Å². The molecule has 0 N–H and O–H groups in total. The Morgan fingerprint density at radius 2 is 2.13 bits per heavy atom. The molecule has 2 aromatic rings. The molecule has 0 saturated heterocycles. The lowest BCUT2D eigenvalue weighted by molar-refractivity contribution is -0.119. The van der Waals surface area contributed by atoms with Crippen LogP contribution in [-0.4, -0.2) is 21.5 Å². The number of fused-ring (bicyclic) bond motifs is 1. The molecule has 1 amide bonds. The van der Waals surface area contributed by atoms with Crippen molar-refractivity contribution in [2.75, 3.05) is 4.90 Å². The number of nitriles is 2. The van der Waals surface area contributed by atoms with Crippen LogP contribution in [0.1, 0.15) is 30.3 Å². The van der Waals surface area contributed by atoms with E-state index >= 15 is 0 Å². The summed E-state index contributed by atoms with van der Waals surface area (Å²) in [4.78, 5) is 18.5. The second kappa shape index (κ2) is 5.94. The van der Waals surface area contributed by atoms with E-state index in [2.05, 4.69) is 4.98 Å². The third-order valence-electron chi connectivity index (χ3n) is 4.15. The Bertz CT molecular complexity index is 839. The van der Waals surface area contributed by atoms with Gasteiger partial charge in [0.15, 0.2) is 11.4 Å². The van der Waals surface area contributed by atoms with Crippen LogP contribution in [0.3, 0.4) is 0 Å². The van der Waals surface area contributed by atoms with Gasteiger partial charge >= 0.3 is 0 Å². The molecule has 0 aliphatic carbocycles. The number of anilines is 1.